The summed E-state index contributed by atoms with van der Waals surface area (Å²) in [6.45, 7) is 11.5. The van der Waals surface area contributed by atoms with Crippen LogP contribution in [0.25, 0.3) is 0 Å². The van der Waals surface area contributed by atoms with Gasteiger partial charge in [0, 0.05) is 13.1 Å². The van der Waals surface area contributed by atoms with Crippen LogP contribution in [0.1, 0.15) is 59.3 Å². The third-order valence-electron chi connectivity index (χ3n) is 4.77. The summed E-state index contributed by atoms with van der Waals surface area (Å²) in [5.74, 6) is 0.867. The molecule has 0 amide bonds. The van der Waals surface area contributed by atoms with Crippen molar-refractivity contribution in [3.63, 3.8) is 0 Å². The fraction of sp³-hybridized carbons (Fsp3) is 1.00. The lowest BCUT2D eigenvalue weighted by Gasteiger charge is -2.35. The molecule has 0 atom stereocenters. The lowest BCUT2D eigenvalue weighted by molar-refractivity contribution is 0.142. The summed E-state index contributed by atoms with van der Waals surface area (Å²) in [5.41, 5.74) is 6.49. The fourth-order valence-corrected chi connectivity index (χ4v) is 3.24. The van der Waals surface area contributed by atoms with Crippen LogP contribution in [0.2, 0.25) is 0 Å². The van der Waals surface area contributed by atoms with Crippen LogP contribution in [0.5, 0.6) is 0 Å². The van der Waals surface area contributed by atoms with E-state index in [-0.39, 0.29) is 0 Å². The van der Waals surface area contributed by atoms with Crippen LogP contribution in [-0.2, 0) is 0 Å². The minimum Gasteiger partial charge on any atom is -0.330 e. The molecule has 1 fully saturated rings. The summed E-state index contributed by atoms with van der Waals surface area (Å²) in [5, 5.41) is 0. The number of nitrogens with zero attached hydrogens (tertiary/aromatic N) is 1. The molecular formula is C15H32N2. The van der Waals surface area contributed by atoms with E-state index in [1.54, 1.807) is 0 Å². The first-order chi connectivity index (χ1) is 8.19. The molecule has 0 aromatic carbocycles. The Labute approximate surface area is 108 Å². The van der Waals surface area contributed by atoms with Crippen molar-refractivity contribution in [2.24, 2.45) is 17.1 Å². The van der Waals surface area contributed by atoms with Gasteiger partial charge in [-0.05, 0) is 37.3 Å². The topological polar surface area (TPSA) is 29.3 Å². The highest BCUT2D eigenvalue weighted by atomic mass is 15.1. The van der Waals surface area contributed by atoms with Crippen LogP contribution in [0.3, 0.4) is 0 Å². The largest absolute Gasteiger partial charge is 0.330 e. The van der Waals surface area contributed by atoms with E-state index in [4.69, 9.17) is 5.73 Å². The minimum atomic E-state index is 0.446. The Morgan fingerprint density at radius 2 is 1.71 bits per heavy atom. The van der Waals surface area contributed by atoms with Gasteiger partial charge < -0.3 is 10.6 Å². The first kappa shape index (κ1) is 15.0. The van der Waals surface area contributed by atoms with E-state index in [0.29, 0.717) is 5.41 Å². The van der Waals surface area contributed by atoms with Crippen LogP contribution in [0, 0.1) is 11.3 Å². The van der Waals surface area contributed by atoms with Gasteiger partial charge in [-0.25, -0.2) is 0 Å². The summed E-state index contributed by atoms with van der Waals surface area (Å²) in [6.07, 6.45) is 8.09. The van der Waals surface area contributed by atoms with Gasteiger partial charge in [-0.15, -0.1) is 0 Å². The molecule has 0 bridgehead atoms. The highest BCUT2D eigenvalue weighted by molar-refractivity contribution is 4.88. The summed E-state index contributed by atoms with van der Waals surface area (Å²) in [7, 11) is 0. The van der Waals surface area contributed by atoms with E-state index >= 15 is 0 Å². The standard InChI is InChI=1S/C15H32N2/c1-4-14(5-2)11-17(6-3)13-15(12-16)9-7-8-10-15/h14H,4-13,16H2,1-3H3. The van der Waals surface area contributed by atoms with Crippen molar-refractivity contribution < 1.29 is 0 Å². The second kappa shape index (κ2) is 7.38. The molecular weight excluding hydrogens is 208 g/mol. The van der Waals surface area contributed by atoms with Gasteiger partial charge in [0.25, 0.3) is 0 Å². The van der Waals surface area contributed by atoms with E-state index in [1.807, 2.05) is 0 Å². The number of hydrogen-bond acceptors (Lipinski definition) is 2. The smallest absolute Gasteiger partial charge is 0.00501 e. The zero-order chi connectivity index (χ0) is 12.7. The van der Waals surface area contributed by atoms with E-state index in [2.05, 4.69) is 25.7 Å². The molecule has 0 unspecified atom stereocenters. The Balaban J connectivity index is 2.49. The molecule has 1 rings (SSSR count). The van der Waals surface area contributed by atoms with Gasteiger partial charge in [0.15, 0.2) is 0 Å². The van der Waals surface area contributed by atoms with Gasteiger partial charge in [0.05, 0.1) is 0 Å². The lowest BCUT2D eigenvalue weighted by atomic mass is 9.85. The summed E-state index contributed by atoms with van der Waals surface area (Å²) in [4.78, 5) is 2.65. The Kier molecular flexibility index (Phi) is 6.50. The summed E-state index contributed by atoms with van der Waals surface area (Å²) >= 11 is 0. The van der Waals surface area contributed by atoms with Crippen molar-refractivity contribution in [3.05, 3.63) is 0 Å². The molecule has 0 spiro atoms. The molecule has 0 aromatic rings. The van der Waals surface area contributed by atoms with Gasteiger partial charge in [0.2, 0.25) is 0 Å². The second-order valence-corrected chi connectivity index (χ2v) is 5.92. The normalized spacial score (nSPS) is 19.4. The zero-order valence-electron chi connectivity index (χ0n) is 12.2. The molecule has 2 N–H and O–H groups in total. The molecule has 0 saturated heterocycles. The Bertz CT molecular complexity index is 193. The van der Waals surface area contributed by atoms with Gasteiger partial charge in [-0.3, -0.25) is 0 Å². The third kappa shape index (κ3) is 4.26. The maximum absolute atomic E-state index is 6.04. The average molecular weight is 240 g/mol. The SMILES string of the molecule is CCC(CC)CN(CC)CC1(CN)CCCC1. The molecule has 0 aromatic heterocycles. The maximum Gasteiger partial charge on any atom is 0.00501 e. The van der Waals surface area contributed by atoms with Gasteiger partial charge in [0.1, 0.15) is 0 Å². The number of nitrogens with two attached hydrogens (primary N) is 1. The summed E-state index contributed by atoms with van der Waals surface area (Å²) < 4.78 is 0. The molecule has 17 heavy (non-hydrogen) atoms. The summed E-state index contributed by atoms with van der Waals surface area (Å²) in [6, 6.07) is 0. The second-order valence-electron chi connectivity index (χ2n) is 5.92. The zero-order valence-corrected chi connectivity index (χ0v) is 12.2. The first-order valence-electron chi connectivity index (χ1n) is 7.62. The predicted molar refractivity (Wildman–Crippen MR) is 76.1 cm³/mol. The molecule has 0 heterocycles. The monoisotopic (exact) mass is 240 g/mol. The predicted octanol–water partition coefficient (Wildman–Crippen LogP) is 3.26. The number of hydrogen-bond donors (Lipinski definition) is 1. The molecule has 2 heteroatoms. The van der Waals surface area contributed by atoms with Crippen LogP contribution >= 0.6 is 0 Å². The van der Waals surface area contributed by atoms with E-state index in [1.165, 1.54) is 58.2 Å². The van der Waals surface area contributed by atoms with Crippen molar-refractivity contribution in [3.8, 4) is 0 Å². The number of rotatable bonds is 8. The Hall–Kier alpha value is -0.0800. The van der Waals surface area contributed by atoms with E-state index in [9.17, 15) is 0 Å². The maximum atomic E-state index is 6.04. The van der Waals surface area contributed by atoms with Crippen LogP contribution in [-0.4, -0.2) is 31.1 Å². The molecule has 1 aliphatic carbocycles. The Morgan fingerprint density at radius 1 is 1.12 bits per heavy atom. The fourth-order valence-electron chi connectivity index (χ4n) is 3.24. The van der Waals surface area contributed by atoms with Crippen molar-refractivity contribution in [2.75, 3.05) is 26.2 Å². The van der Waals surface area contributed by atoms with Crippen molar-refractivity contribution in [1.29, 1.82) is 0 Å². The quantitative estimate of drug-likeness (QED) is 0.705. The molecule has 1 saturated carbocycles. The van der Waals surface area contributed by atoms with Crippen LogP contribution < -0.4 is 5.73 Å². The van der Waals surface area contributed by atoms with Gasteiger partial charge >= 0.3 is 0 Å². The van der Waals surface area contributed by atoms with E-state index in [0.717, 1.165) is 12.5 Å². The molecule has 2 nitrogen and oxygen atoms in total. The highest BCUT2D eigenvalue weighted by Gasteiger charge is 2.34. The molecule has 102 valence electrons. The highest BCUT2D eigenvalue weighted by Crippen LogP contribution is 2.38. The van der Waals surface area contributed by atoms with Gasteiger partial charge in [-0.2, -0.15) is 0 Å². The van der Waals surface area contributed by atoms with Crippen LogP contribution in [0.15, 0.2) is 0 Å². The third-order valence-corrected chi connectivity index (χ3v) is 4.77. The van der Waals surface area contributed by atoms with Crippen molar-refractivity contribution in [1.82, 2.24) is 4.90 Å². The van der Waals surface area contributed by atoms with E-state index < -0.39 is 0 Å². The average Bonchev–Trinajstić information content (AvgIpc) is 2.83. The molecule has 1 aliphatic rings. The van der Waals surface area contributed by atoms with Crippen LogP contribution in [0.4, 0.5) is 0 Å². The van der Waals surface area contributed by atoms with Crippen molar-refractivity contribution >= 4 is 0 Å². The van der Waals surface area contributed by atoms with Gasteiger partial charge in [-0.1, -0.05) is 46.5 Å². The minimum absolute atomic E-state index is 0.446. The Morgan fingerprint density at radius 3 is 2.12 bits per heavy atom. The van der Waals surface area contributed by atoms with Crippen molar-refractivity contribution in [2.45, 2.75) is 59.3 Å². The lowest BCUT2D eigenvalue weighted by Crippen LogP contribution is -2.42. The molecule has 0 aliphatic heterocycles. The first-order valence-corrected chi connectivity index (χ1v) is 7.62. The molecule has 0 radical (unpaired) electrons.